The predicted molar refractivity (Wildman–Crippen MR) is 128 cm³/mol. The normalized spacial score (nSPS) is 26.3. The number of nitrogens with one attached hydrogen (secondary N) is 1. The Kier molecular flexibility index (Phi) is 6.35. The average molecular weight is 522 g/mol. The van der Waals surface area contributed by atoms with Gasteiger partial charge in [0.25, 0.3) is 0 Å². The van der Waals surface area contributed by atoms with Crippen molar-refractivity contribution in [3.63, 3.8) is 0 Å². The van der Waals surface area contributed by atoms with E-state index < -0.39 is 47.4 Å². The number of carbonyl (C=O) groups is 2. The van der Waals surface area contributed by atoms with Crippen molar-refractivity contribution in [3.8, 4) is 0 Å². The van der Waals surface area contributed by atoms with E-state index in [-0.39, 0.29) is 48.3 Å². The van der Waals surface area contributed by atoms with Crippen LogP contribution >= 0.6 is 0 Å². The first-order valence-corrected chi connectivity index (χ1v) is 12.0. The van der Waals surface area contributed by atoms with E-state index >= 15 is 4.39 Å². The number of halogens is 4. The molecule has 3 aliphatic rings. The molecule has 37 heavy (non-hydrogen) atoms. The largest absolute Gasteiger partial charge is 0.416 e. The third-order valence-electron chi connectivity index (χ3n) is 7.38. The number of fused-ring (bicyclic) bond motifs is 2. The molecule has 5 rings (SSSR count). The summed E-state index contributed by atoms with van der Waals surface area (Å²) < 4.78 is 55.8. The Morgan fingerprint density at radius 3 is 2.62 bits per heavy atom. The molecular weight excluding hydrogens is 494 g/mol. The van der Waals surface area contributed by atoms with Gasteiger partial charge in [-0.2, -0.15) is 13.2 Å². The van der Waals surface area contributed by atoms with Crippen molar-refractivity contribution in [1.82, 2.24) is 10.3 Å². The zero-order valence-corrected chi connectivity index (χ0v) is 20.3. The van der Waals surface area contributed by atoms with Gasteiger partial charge in [0, 0.05) is 57.2 Å². The van der Waals surface area contributed by atoms with Crippen LogP contribution in [0.4, 0.5) is 34.8 Å². The number of benzene rings is 1. The molecule has 0 aliphatic carbocycles. The van der Waals surface area contributed by atoms with Gasteiger partial charge in [-0.25, -0.2) is 9.37 Å². The second-order valence-corrected chi connectivity index (χ2v) is 9.92. The molecule has 4 heterocycles. The summed E-state index contributed by atoms with van der Waals surface area (Å²) in [5.41, 5.74) is -0.439. The standard InChI is InChI=1S/C25H27F4N5O3/c1-13-6-16(25(27,28)29)8-20(31-13)34-21(36)7-14-11-33(12-15-9-30-10-19(15)35)23-17(26)4-3-5-18(23)32(2)24(37)22(14)34/h3-6,8,14-15,19,22,30,35H,7,9-12H2,1-2H3/t14-,15-,19?,22+/m1/s1. The quantitative estimate of drug-likeness (QED) is 0.603. The lowest BCUT2D eigenvalue weighted by Crippen LogP contribution is -2.53. The highest BCUT2D eigenvalue weighted by atomic mass is 19.4. The van der Waals surface area contributed by atoms with E-state index in [1.54, 1.807) is 11.0 Å². The van der Waals surface area contributed by atoms with Crippen LogP contribution in [0.5, 0.6) is 0 Å². The number of amides is 2. The first kappa shape index (κ1) is 25.4. The average Bonchev–Trinajstić information content (AvgIpc) is 3.37. The first-order chi connectivity index (χ1) is 17.5. The van der Waals surface area contributed by atoms with Crippen molar-refractivity contribution in [3.05, 3.63) is 47.4 Å². The van der Waals surface area contributed by atoms with Gasteiger partial charge in [0.1, 0.15) is 17.7 Å². The van der Waals surface area contributed by atoms with Crippen molar-refractivity contribution in [2.45, 2.75) is 31.7 Å². The number of aliphatic hydroxyl groups is 1. The SMILES string of the molecule is Cc1cc(C(F)(F)F)cc(N2C(=O)C[C@@H]3CN(C[C@H]4CNCC4O)c4c(F)cccc4N(C)C(=O)[C@H]32)n1. The van der Waals surface area contributed by atoms with E-state index in [0.29, 0.717) is 13.1 Å². The van der Waals surface area contributed by atoms with Gasteiger partial charge in [-0.05, 0) is 31.2 Å². The number of β-amino-alcohol motifs (C(OH)–C–C–N with tert-alkyl or cyclic N) is 1. The number of aliphatic hydroxyl groups excluding tert-OH is 1. The minimum absolute atomic E-state index is 0.0597. The number of anilines is 3. The molecule has 12 heteroatoms. The summed E-state index contributed by atoms with van der Waals surface area (Å²) in [4.78, 5) is 35.2. The molecule has 0 bridgehead atoms. The van der Waals surface area contributed by atoms with Crippen LogP contribution in [-0.2, 0) is 15.8 Å². The van der Waals surface area contributed by atoms with Crippen LogP contribution in [0.25, 0.3) is 0 Å². The van der Waals surface area contributed by atoms with Gasteiger partial charge in [0.2, 0.25) is 11.8 Å². The van der Waals surface area contributed by atoms with Crippen molar-refractivity contribution >= 4 is 29.0 Å². The van der Waals surface area contributed by atoms with Crippen LogP contribution in [0.1, 0.15) is 17.7 Å². The summed E-state index contributed by atoms with van der Waals surface area (Å²) in [6.07, 6.45) is -5.42. The third kappa shape index (κ3) is 4.52. The molecule has 1 unspecified atom stereocenters. The van der Waals surface area contributed by atoms with Gasteiger partial charge in [0.15, 0.2) is 0 Å². The number of likely N-dealkylation sites (N-methyl/N-ethyl adjacent to an activating group) is 1. The van der Waals surface area contributed by atoms with Gasteiger partial charge in [0.05, 0.1) is 23.0 Å². The van der Waals surface area contributed by atoms with Gasteiger partial charge in [-0.1, -0.05) is 6.07 Å². The molecule has 4 atom stereocenters. The lowest BCUT2D eigenvalue weighted by molar-refractivity contribution is -0.137. The molecule has 0 saturated carbocycles. The minimum Gasteiger partial charge on any atom is -0.391 e. The number of nitrogens with zero attached hydrogens (tertiary/aromatic N) is 4. The van der Waals surface area contributed by atoms with Crippen LogP contribution in [0.15, 0.2) is 30.3 Å². The Morgan fingerprint density at radius 1 is 1.19 bits per heavy atom. The molecule has 2 fully saturated rings. The second kappa shape index (κ2) is 9.25. The number of carbonyl (C=O) groups excluding carboxylic acids is 2. The Hall–Kier alpha value is -3.25. The van der Waals surface area contributed by atoms with E-state index in [4.69, 9.17) is 0 Å². The maximum atomic E-state index is 15.2. The lowest BCUT2D eigenvalue weighted by atomic mass is 9.94. The Bertz CT molecular complexity index is 1240. The molecule has 1 aromatic carbocycles. The number of hydrogen-bond acceptors (Lipinski definition) is 6. The molecule has 2 aromatic rings. The maximum absolute atomic E-state index is 15.2. The van der Waals surface area contributed by atoms with Gasteiger partial charge >= 0.3 is 6.18 Å². The monoisotopic (exact) mass is 521 g/mol. The third-order valence-corrected chi connectivity index (χ3v) is 7.38. The van der Waals surface area contributed by atoms with Crippen molar-refractivity contribution in [2.75, 3.05) is 47.9 Å². The fourth-order valence-electron chi connectivity index (χ4n) is 5.62. The summed E-state index contributed by atoms with van der Waals surface area (Å²) in [6.45, 7) is 2.68. The Balaban J connectivity index is 1.59. The topological polar surface area (TPSA) is 89.0 Å². The molecule has 0 radical (unpaired) electrons. The molecule has 2 N–H and O–H groups in total. The second-order valence-electron chi connectivity index (χ2n) is 9.92. The van der Waals surface area contributed by atoms with E-state index in [2.05, 4.69) is 10.3 Å². The molecule has 0 spiro atoms. The number of alkyl halides is 3. The molecular formula is C25H27F4N5O3. The number of aryl methyl sites for hydroxylation is 1. The zero-order valence-electron chi connectivity index (χ0n) is 20.3. The molecule has 198 valence electrons. The smallest absolute Gasteiger partial charge is 0.391 e. The molecule has 2 amide bonds. The van der Waals surface area contributed by atoms with Crippen molar-refractivity contribution in [1.29, 1.82) is 0 Å². The lowest BCUT2D eigenvalue weighted by Gasteiger charge is -2.40. The summed E-state index contributed by atoms with van der Waals surface area (Å²) in [6, 6.07) is 4.88. The van der Waals surface area contributed by atoms with E-state index in [0.717, 1.165) is 17.0 Å². The summed E-state index contributed by atoms with van der Waals surface area (Å²) in [5, 5.41) is 13.5. The van der Waals surface area contributed by atoms with Crippen LogP contribution in [0, 0.1) is 24.6 Å². The molecule has 2 saturated heterocycles. The van der Waals surface area contributed by atoms with Crippen LogP contribution in [0.3, 0.4) is 0 Å². The number of aromatic nitrogens is 1. The zero-order chi connectivity index (χ0) is 26.6. The maximum Gasteiger partial charge on any atom is 0.416 e. The number of rotatable bonds is 3. The Morgan fingerprint density at radius 2 is 1.95 bits per heavy atom. The van der Waals surface area contributed by atoms with Crippen LogP contribution in [0.2, 0.25) is 0 Å². The molecule has 3 aliphatic heterocycles. The highest BCUT2D eigenvalue weighted by Crippen LogP contribution is 2.41. The van der Waals surface area contributed by atoms with E-state index in [1.165, 1.54) is 31.0 Å². The fraction of sp³-hybridized carbons (Fsp3) is 0.480. The Labute approximate surface area is 210 Å². The minimum atomic E-state index is -4.66. The van der Waals surface area contributed by atoms with Gasteiger partial charge < -0.3 is 20.2 Å². The number of para-hydroxylation sites is 1. The van der Waals surface area contributed by atoms with Crippen molar-refractivity contribution in [2.24, 2.45) is 11.8 Å². The predicted octanol–water partition coefficient (Wildman–Crippen LogP) is 2.33. The van der Waals surface area contributed by atoms with E-state index in [9.17, 15) is 27.9 Å². The molecule has 1 aromatic heterocycles. The fourth-order valence-corrected chi connectivity index (χ4v) is 5.62. The van der Waals surface area contributed by atoms with E-state index in [1.807, 2.05) is 0 Å². The summed E-state index contributed by atoms with van der Waals surface area (Å²) >= 11 is 0. The van der Waals surface area contributed by atoms with Crippen molar-refractivity contribution < 1.29 is 32.3 Å². The number of hydrogen-bond donors (Lipinski definition) is 2. The summed E-state index contributed by atoms with van der Waals surface area (Å²) in [5.74, 6) is -2.72. The highest BCUT2D eigenvalue weighted by molar-refractivity contribution is 6.10. The van der Waals surface area contributed by atoms with Gasteiger partial charge in [-0.3, -0.25) is 14.5 Å². The van der Waals surface area contributed by atoms with Crippen LogP contribution in [-0.4, -0.2) is 67.3 Å². The van der Waals surface area contributed by atoms with Crippen LogP contribution < -0.4 is 20.0 Å². The molecule has 8 nitrogen and oxygen atoms in total. The first-order valence-electron chi connectivity index (χ1n) is 12.0. The summed E-state index contributed by atoms with van der Waals surface area (Å²) in [7, 11) is 1.46. The highest BCUT2D eigenvalue weighted by Gasteiger charge is 2.50. The number of pyridine rings is 1. The van der Waals surface area contributed by atoms with Gasteiger partial charge in [-0.15, -0.1) is 0 Å².